The van der Waals surface area contributed by atoms with Crippen molar-refractivity contribution in [1.29, 1.82) is 0 Å². The first-order chi connectivity index (χ1) is 34.5. The normalized spacial score (nSPS) is 13.1. The third kappa shape index (κ3) is 5.64. The molecule has 14 aromatic rings. The topological polar surface area (TPSA) is 35.6 Å². The Morgan fingerprint density at radius 2 is 1.09 bits per heavy atom. The van der Waals surface area contributed by atoms with Crippen LogP contribution in [0.15, 0.2) is 218 Å². The van der Waals surface area contributed by atoms with Crippen molar-refractivity contribution in [3.8, 4) is 55.6 Å². The van der Waals surface area contributed by atoms with Crippen molar-refractivity contribution >= 4 is 86.7 Å². The highest BCUT2D eigenvalue weighted by Crippen LogP contribution is 2.51. The standard InChI is InChI=1S/C65H42N4S/c1-65(2)53-27-14-13-24-48(53)49-31-28-44(36-54(49)65)61-63-55(38-59(70-63)40-17-5-3-6-18-40)66-64(67-61)69-56-32-30-43(35-51(56)52-34-41-19-9-10-20-42(41)37-58(52)69)47-25-15-26-50-60-46-23-12-11-16-39(46)29-33-57(60)68(62(47)50)45-21-7-4-8-22-45/h3-38H,1-2H3. The van der Waals surface area contributed by atoms with Gasteiger partial charge in [0.15, 0.2) is 0 Å². The molecule has 0 amide bonds. The maximum Gasteiger partial charge on any atom is 0.235 e. The molecule has 0 saturated carbocycles. The van der Waals surface area contributed by atoms with E-state index in [0.717, 1.165) is 54.5 Å². The van der Waals surface area contributed by atoms with Crippen LogP contribution in [0.2, 0.25) is 0 Å². The molecule has 0 fully saturated rings. The van der Waals surface area contributed by atoms with Gasteiger partial charge in [0, 0.05) is 48.7 Å². The zero-order valence-corrected chi connectivity index (χ0v) is 39.3. The van der Waals surface area contributed by atoms with Crippen LogP contribution in [0.3, 0.4) is 0 Å². The van der Waals surface area contributed by atoms with E-state index < -0.39 is 0 Å². The summed E-state index contributed by atoms with van der Waals surface area (Å²) < 4.78 is 5.85. The van der Waals surface area contributed by atoms with Crippen LogP contribution in [0.1, 0.15) is 25.0 Å². The fraction of sp³-hybridized carbons (Fsp3) is 0.0462. The molecule has 70 heavy (non-hydrogen) atoms. The van der Waals surface area contributed by atoms with Crippen molar-refractivity contribution in [1.82, 2.24) is 19.1 Å². The minimum absolute atomic E-state index is 0.152. The molecule has 4 aromatic heterocycles. The molecule has 10 aromatic carbocycles. The average molecular weight is 911 g/mol. The molecule has 0 aliphatic heterocycles. The first kappa shape index (κ1) is 39.4. The number of thiophene rings is 1. The summed E-state index contributed by atoms with van der Waals surface area (Å²) in [5.41, 5.74) is 17.3. The summed E-state index contributed by atoms with van der Waals surface area (Å²) in [6.07, 6.45) is 0. The lowest BCUT2D eigenvalue weighted by molar-refractivity contribution is 0.660. The van der Waals surface area contributed by atoms with Crippen LogP contribution < -0.4 is 0 Å². The Morgan fingerprint density at radius 1 is 0.414 bits per heavy atom. The Bertz CT molecular complexity index is 4500. The Morgan fingerprint density at radius 3 is 1.94 bits per heavy atom. The molecule has 4 nitrogen and oxygen atoms in total. The molecule has 0 radical (unpaired) electrons. The average Bonchev–Trinajstić information content (AvgIpc) is 4.15. The van der Waals surface area contributed by atoms with Crippen LogP contribution in [-0.2, 0) is 5.41 Å². The minimum Gasteiger partial charge on any atom is -0.309 e. The highest BCUT2D eigenvalue weighted by Gasteiger charge is 2.35. The third-order valence-corrected chi connectivity index (χ3v) is 16.3. The van der Waals surface area contributed by atoms with Crippen LogP contribution in [0.5, 0.6) is 0 Å². The summed E-state index contributed by atoms with van der Waals surface area (Å²) in [5.74, 6) is 0.657. The largest absolute Gasteiger partial charge is 0.309 e. The van der Waals surface area contributed by atoms with E-state index in [9.17, 15) is 0 Å². The molecule has 1 aliphatic rings. The second kappa shape index (κ2) is 14.7. The van der Waals surface area contributed by atoms with Gasteiger partial charge in [0.1, 0.15) is 0 Å². The van der Waals surface area contributed by atoms with Gasteiger partial charge in [-0.2, -0.15) is 0 Å². The molecule has 328 valence electrons. The van der Waals surface area contributed by atoms with Gasteiger partial charge >= 0.3 is 0 Å². The first-order valence-corrected chi connectivity index (χ1v) is 24.9. The minimum atomic E-state index is -0.152. The number of hydrogen-bond acceptors (Lipinski definition) is 3. The monoisotopic (exact) mass is 910 g/mol. The van der Waals surface area contributed by atoms with Gasteiger partial charge in [-0.3, -0.25) is 4.57 Å². The van der Waals surface area contributed by atoms with Crippen LogP contribution >= 0.6 is 11.3 Å². The molecule has 0 spiro atoms. The van der Waals surface area contributed by atoms with Gasteiger partial charge < -0.3 is 4.57 Å². The Kier molecular flexibility index (Phi) is 8.26. The number of benzene rings is 10. The molecular formula is C65H42N4S. The first-order valence-electron chi connectivity index (χ1n) is 24.1. The fourth-order valence-electron chi connectivity index (χ4n) is 11.8. The van der Waals surface area contributed by atoms with E-state index in [-0.39, 0.29) is 5.41 Å². The lowest BCUT2D eigenvalue weighted by Crippen LogP contribution is -2.15. The zero-order valence-electron chi connectivity index (χ0n) is 38.5. The highest BCUT2D eigenvalue weighted by atomic mass is 32.1. The molecule has 15 rings (SSSR count). The molecule has 0 bridgehead atoms. The van der Waals surface area contributed by atoms with E-state index in [2.05, 4.69) is 241 Å². The predicted molar refractivity (Wildman–Crippen MR) is 295 cm³/mol. The van der Waals surface area contributed by atoms with Gasteiger partial charge in [-0.05, 0) is 110 Å². The highest BCUT2D eigenvalue weighted by molar-refractivity contribution is 7.22. The van der Waals surface area contributed by atoms with Crippen molar-refractivity contribution in [2.45, 2.75) is 19.3 Å². The third-order valence-electron chi connectivity index (χ3n) is 15.1. The van der Waals surface area contributed by atoms with Crippen molar-refractivity contribution in [2.24, 2.45) is 0 Å². The van der Waals surface area contributed by atoms with Crippen molar-refractivity contribution in [2.75, 3.05) is 0 Å². The van der Waals surface area contributed by atoms with E-state index in [1.807, 2.05) is 0 Å². The number of hydrogen-bond donors (Lipinski definition) is 0. The zero-order chi connectivity index (χ0) is 46.2. The predicted octanol–water partition coefficient (Wildman–Crippen LogP) is 17.5. The number of rotatable bonds is 5. The molecule has 0 saturated heterocycles. The van der Waals surface area contributed by atoms with E-state index in [1.165, 1.54) is 81.6 Å². The number of fused-ring (bicyclic) bond motifs is 13. The van der Waals surface area contributed by atoms with Crippen LogP contribution in [0, 0.1) is 0 Å². The van der Waals surface area contributed by atoms with Gasteiger partial charge in [-0.1, -0.05) is 178 Å². The second-order valence-electron chi connectivity index (χ2n) is 19.3. The lowest BCUT2D eigenvalue weighted by Gasteiger charge is -2.22. The Hall–Kier alpha value is -8.64. The van der Waals surface area contributed by atoms with Crippen LogP contribution in [0.25, 0.3) is 131 Å². The van der Waals surface area contributed by atoms with Gasteiger partial charge in [-0.25, -0.2) is 9.97 Å². The fourth-order valence-corrected chi connectivity index (χ4v) is 12.9. The quantitative estimate of drug-likeness (QED) is 0.172. The molecule has 0 atom stereocenters. The van der Waals surface area contributed by atoms with Gasteiger partial charge in [0.2, 0.25) is 5.95 Å². The van der Waals surface area contributed by atoms with Crippen molar-refractivity contribution in [3.05, 3.63) is 230 Å². The Balaban J connectivity index is 0.998. The molecule has 5 heteroatoms. The molecule has 0 unspecified atom stereocenters. The van der Waals surface area contributed by atoms with Gasteiger partial charge in [0.05, 0.1) is 38.0 Å². The number of para-hydroxylation sites is 2. The number of aromatic nitrogens is 4. The summed E-state index contributed by atoms with van der Waals surface area (Å²) in [6, 6.07) is 80.1. The molecule has 1 aliphatic carbocycles. The summed E-state index contributed by atoms with van der Waals surface area (Å²) >= 11 is 1.77. The molecular weight excluding hydrogens is 869 g/mol. The summed E-state index contributed by atoms with van der Waals surface area (Å²) in [5, 5.41) is 9.69. The maximum atomic E-state index is 5.70. The molecule has 0 N–H and O–H groups in total. The van der Waals surface area contributed by atoms with E-state index in [1.54, 1.807) is 11.3 Å². The second-order valence-corrected chi connectivity index (χ2v) is 20.4. The maximum absolute atomic E-state index is 5.70. The van der Waals surface area contributed by atoms with E-state index >= 15 is 0 Å². The van der Waals surface area contributed by atoms with Gasteiger partial charge in [0.25, 0.3) is 0 Å². The van der Waals surface area contributed by atoms with Gasteiger partial charge in [-0.15, -0.1) is 11.3 Å². The number of nitrogens with zero attached hydrogens (tertiary/aromatic N) is 4. The smallest absolute Gasteiger partial charge is 0.235 e. The summed E-state index contributed by atoms with van der Waals surface area (Å²) in [7, 11) is 0. The van der Waals surface area contributed by atoms with E-state index in [4.69, 9.17) is 9.97 Å². The van der Waals surface area contributed by atoms with E-state index in [0.29, 0.717) is 5.95 Å². The van der Waals surface area contributed by atoms with Crippen molar-refractivity contribution in [3.63, 3.8) is 0 Å². The van der Waals surface area contributed by atoms with Crippen LogP contribution in [0.4, 0.5) is 0 Å². The summed E-state index contributed by atoms with van der Waals surface area (Å²) in [6.45, 7) is 4.70. The van der Waals surface area contributed by atoms with Crippen LogP contribution in [-0.4, -0.2) is 19.1 Å². The molecule has 4 heterocycles. The van der Waals surface area contributed by atoms with Crippen molar-refractivity contribution < 1.29 is 0 Å². The lowest BCUT2D eigenvalue weighted by atomic mass is 9.82. The Labute approximate surface area is 408 Å². The SMILES string of the molecule is CC1(C)c2ccccc2-c2ccc(-c3nc(-n4c5ccc(-c6cccc7c8c9ccccc9ccc8n(-c8ccccc8)c67)cc5c5cc6ccccc6cc54)nc4cc(-c5ccccc5)sc34)cc21. The summed E-state index contributed by atoms with van der Waals surface area (Å²) in [4.78, 5) is 12.4.